The van der Waals surface area contributed by atoms with E-state index in [0.29, 0.717) is 12.1 Å². The van der Waals surface area contributed by atoms with Gasteiger partial charge in [-0.15, -0.1) is 0 Å². The van der Waals surface area contributed by atoms with E-state index in [-0.39, 0.29) is 17.5 Å². The molecule has 22 heavy (non-hydrogen) atoms. The minimum Gasteiger partial charge on any atom is -0.371 e. The molecule has 0 saturated carbocycles. The van der Waals surface area contributed by atoms with Crippen molar-refractivity contribution in [2.45, 2.75) is 44.1 Å². The van der Waals surface area contributed by atoms with Gasteiger partial charge in [-0.2, -0.15) is 35.1 Å². The summed E-state index contributed by atoms with van der Waals surface area (Å²) in [6.07, 6.45) is -12.8. The molecule has 1 radical (unpaired) electrons. The van der Waals surface area contributed by atoms with Gasteiger partial charge in [0.15, 0.2) is 0 Å². The van der Waals surface area contributed by atoms with Crippen molar-refractivity contribution in [2.24, 2.45) is 0 Å². The average molecular weight is 335 g/mol. The van der Waals surface area contributed by atoms with Crippen LogP contribution in [0, 0.1) is 13.0 Å². The predicted molar refractivity (Wildman–Crippen MR) is 60.3 cm³/mol. The predicted octanol–water partition coefficient (Wildman–Crippen LogP) is 4.31. The van der Waals surface area contributed by atoms with Gasteiger partial charge in [-0.3, -0.25) is 0 Å². The highest BCUT2D eigenvalue weighted by molar-refractivity contribution is 5.35. The fourth-order valence-electron chi connectivity index (χ4n) is 1.92. The van der Waals surface area contributed by atoms with Crippen LogP contribution in [-0.2, 0) is 12.0 Å². The topological polar surface area (TPSA) is 20.2 Å². The number of rotatable bonds is 3. The smallest absolute Gasteiger partial charge is 0.371 e. The van der Waals surface area contributed by atoms with Crippen molar-refractivity contribution in [2.75, 3.05) is 0 Å². The van der Waals surface area contributed by atoms with Crippen LogP contribution >= 0.6 is 0 Å². The molecule has 125 valence electrons. The van der Waals surface area contributed by atoms with Crippen molar-refractivity contribution in [3.63, 3.8) is 0 Å². The van der Waals surface area contributed by atoms with Gasteiger partial charge in [0, 0.05) is 0 Å². The van der Waals surface area contributed by atoms with Gasteiger partial charge in [0.1, 0.15) is 0 Å². The maximum Gasteiger partial charge on any atom is 0.457 e. The Morgan fingerprint density at radius 1 is 0.955 bits per heavy atom. The zero-order valence-electron chi connectivity index (χ0n) is 11.3. The van der Waals surface area contributed by atoms with E-state index in [9.17, 15) is 40.2 Å². The highest BCUT2D eigenvalue weighted by atomic mass is 19.4. The molecule has 1 atom stereocenters. The van der Waals surface area contributed by atoms with Gasteiger partial charge in [0.05, 0.1) is 0 Å². The molecule has 1 unspecified atom stereocenters. The summed E-state index contributed by atoms with van der Waals surface area (Å²) >= 11 is 0. The molecular weight excluding hydrogens is 324 g/mol. The fraction of sp³-hybridized carbons (Fsp3) is 0.538. The highest BCUT2D eigenvalue weighted by Gasteiger charge is 2.80. The SMILES string of the molecule is CCc1[c]c(C)cc(C(O)(C(F)(F)F)C(F)(F)C(F)(F)F)c1. The number of alkyl halides is 8. The van der Waals surface area contributed by atoms with Crippen LogP contribution < -0.4 is 0 Å². The van der Waals surface area contributed by atoms with Crippen LogP contribution in [0.25, 0.3) is 0 Å². The molecule has 0 amide bonds. The summed E-state index contributed by atoms with van der Waals surface area (Å²) in [5, 5.41) is 9.42. The van der Waals surface area contributed by atoms with Gasteiger partial charge in [0.25, 0.3) is 5.60 Å². The second-order valence-electron chi connectivity index (χ2n) is 4.71. The molecule has 0 bridgehead atoms. The van der Waals surface area contributed by atoms with Crippen molar-refractivity contribution < 1.29 is 40.2 Å². The van der Waals surface area contributed by atoms with E-state index in [2.05, 4.69) is 6.07 Å². The summed E-state index contributed by atoms with van der Waals surface area (Å²) in [6.45, 7) is 2.62. The van der Waals surface area contributed by atoms with Gasteiger partial charge in [-0.05, 0) is 36.1 Å². The molecule has 1 N–H and O–H groups in total. The molecule has 0 aromatic heterocycles. The molecular formula is C13H11F8O. The van der Waals surface area contributed by atoms with Crippen LogP contribution in [0.1, 0.15) is 23.6 Å². The molecule has 1 aromatic rings. The zero-order valence-corrected chi connectivity index (χ0v) is 11.3. The van der Waals surface area contributed by atoms with Gasteiger partial charge >= 0.3 is 18.3 Å². The van der Waals surface area contributed by atoms with Gasteiger partial charge in [-0.25, -0.2) is 0 Å². The van der Waals surface area contributed by atoms with E-state index in [0.717, 1.165) is 0 Å². The van der Waals surface area contributed by atoms with E-state index >= 15 is 0 Å². The summed E-state index contributed by atoms with van der Waals surface area (Å²) in [7, 11) is 0. The van der Waals surface area contributed by atoms with Crippen LogP contribution in [0.2, 0.25) is 0 Å². The Bertz CT molecular complexity index is 546. The van der Waals surface area contributed by atoms with Gasteiger partial charge in [-0.1, -0.05) is 19.1 Å². The molecule has 0 saturated heterocycles. The first-order chi connectivity index (χ1) is 9.68. The van der Waals surface area contributed by atoms with E-state index in [1.807, 2.05) is 0 Å². The Balaban J connectivity index is 3.73. The zero-order chi connectivity index (χ0) is 17.6. The first-order valence-corrected chi connectivity index (χ1v) is 5.95. The number of benzene rings is 1. The Morgan fingerprint density at radius 2 is 1.45 bits per heavy atom. The molecule has 1 aromatic carbocycles. The molecule has 0 aliphatic rings. The number of hydrogen-bond donors (Lipinski definition) is 1. The molecule has 1 rings (SSSR count). The lowest BCUT2D eigenvalue weighted by Gasteiger charge is -2.38. The maximum atomic E-state index is 13.4. The number of hydrogen-bond acceptors (Lipinski definition) is 1. The van der Waals surface area contributed by atoms with Crippen LogP contribution in [-0.4, -0.2) is 23.4 Å². The summed E-state index contributed by atoms with van der Waals surface area (Å²) < 4.78 is 103. The quantitative estimate of drug-likeness (QED) is 0.817. The molecule has 1 nitrogen and oxygen atoms in total. The van der Waals surface area contributed by atoms with E-state index < -0.39 is 29.4 Å². The molecule has 0 aliphatic heterocycles. The monoisotopic (exact) mass is 335 g/mol. The van der Waals surface area contributed by atoms with Crippen LogP contribution in [0.4, 0.5) is 35.1 Å². The molecule has 0 heterocycles. The standard InChI is InChI=1S/C13H11F8O/c1-3-8-4-7(2)5-9(6-8)10(22,12(16,17)18)11(14,15)13(19,20)21/h5-6,22H,3H2,1-2H3. The number of aryl methyl sites for hydroxylation is 2. The second kappa shape index (κ2) is 5.36. The van der Waals surface area contributed by atoms with E-state index in [1.54, 1.807) is 0 Å². The second-order valence-corrected chi connectivity index (χ2v) is 4.71. The van der Waals surface area contributed by atoms with Crippen LogP contribution in [0.3, 0.4) is 0 Å². The number of halogens is 8. The minimum absolute atomic E-state index is 0.0318. The third-order valence-electron chi connectivity index (χ3n) is 3.08. The van der Waals surface area contributed by atoms with Crippen molar-refractivity contribution in [1.82, 2.24) is 0 Å². The Kier molecular flexibility index (Phi) is 4.55. The third kappa shape index (κ3) is 2.78. The van der Waals surface area contributed by atoms with Gasteiger partial charge < -0.3 is 5.11 Å². The van der Waals surface area contributed by atoms with Crippen LogP contribution in [0.15, 0.2) is 12.1 Å². The molecule has 9 heteroatoms. The average Bonchev–Trinajstić information content (AvgIpc) is 2.33. The Morgan fingerprint density at radius 3 is 1.82 bits per heavy atom. The minimum atomic E-state index is -6.59. The molecule has 0 fully saturated rings. The van der Waals surface area contributed by atoms with Crippen molar-refractivity contribution in [3.05, 3.63) is 34.9 Å². The highest BCUT2D eigenvalue weighted by Crippen LogP contribution is 2.55. The lowest BCUT2D eigenvalue weighted by atomic mass is 9.84. The first-order valence-electron chi connectivity index (χ1n) is 5.95. The summed E-state index contributed by atoms with van der Waals surface area (Å²) in [6, 6.07) is 3.36. The van der Waals surface area contributed by atoms with Crippen molar-refractivity contribution >= 4 is 0 Å². The van der Waals surface area contributed by atoms with Gasteiger partial charge in [0.2, 0.25) is 0 Å². The molecule has 0 aliphatic carbocycles. The van der Waals surface area contributed by atoms with Crippen LogP contribution in [0.5, 0.6) is 0 Å². The largest absolute Gasteiger partial charge is 0.457 e. The van der Waals surface area contributed by atoms with Crippen molar-refractivity contribution in [3.8, 4) is 0 Å². The van der Waals surface area contributed by atoms with E-state index in [1.165, 1.54) is 13.8 Å². The summed E-state index contributed by atoms with van der Waals surface area (Å²) in [5.74, 6) is -6.42. The van der Waals surface area contributed by atoms with E-state index in [4.69, 9.17) is 0 Å². The molecule has 0 spiro atoms. The maximum absolute atomic E-state index is 13.4. The van der Waals surface area contributed by atoms with Crippen molar-refractivity contribution in [1.29, 1.82) is 0 Å². The lowest BCUT2D eigenvalue weighted by Crippen LogP contribution is -2.62. The lowest BCUT2D eigenvalue weighted by molar-refractivity contribution is -0.409. The Labute approximate surface area is 120 Å². The number of aliphatic hydroxyl groups is 1. The normalized spacial score (nSPS) is 16.5. The summed E-state index contributed by atoms with van der Waals surface area (Å²) in [4.78, 5) is 0. The first kappa shape index (κ1) is 18.7. The third-order valence-corrected chi connectivity index (χ3v) is 3.08. The Hall–Kier alpha value is -1.38. The fourth-order valence-corrected chi connectivity index (χ4v) is 1.92. The summed E-state index contributed by atoms with van der Waals surface area (Å²) in [5.41, 5.74) is -7.09.